The van der Waals surface area contributed by atoms with Crippen LogP contribution in [0.3, 0.4) is 0 Å². The predicted octanol–water partition coefficient (Wildman–Crippen LogP) is 3.74. The largest absolute Gasteiger partial charge is 0.403 e. The smallest absolute Gasteiger partial charge is 0.322 e. The number of hydrogen-bond acceptors (Lipinski definition) is 7. The second-order valence-corrected chi connectivity index (χ2v) is 10.5. The molecule has 1 unspecified atom stereocenters. The molecule has 1 aromatic carbocycles. The molecule has 3 heterocycles. The zero-order valence-electron chi connectivity index (χ0n) is 15.1. The maximum absolute atomic E-state index is 12.9. The summed E-state index contributed by atoms with van der Waals surface area (Å²) in [6, 6.07) is 9.66. The Hall–Kier alpha value is -2.08. The topological polar surface area (TPSA) is 105 Å². The highest BCUT2D eigenvalue weighted by Gasteiger charge is 2.38. The number of carbonyl (C=O) groups is 1. The molecule has 8 nitrogen and oxygen atoms in total. The minimum Gasteiger partial charge on any atom is -0.403 e. The highest BCUT2D eigenvalue weighted by Crippen LogP contribution is 2.29. The van der Waals surface area contributed by atoms with Gasteiger partial charge in [0.25, 0.3) is 10.0 Å². The van der Waals surface area contributed by atoms with Crippen molar-refractivity contribution in [1.29, 1.82) is 0 Å². The Morgan fingerprint density at radius 3 is 2.86 bits per heavy atom. The highest BCUT2D eigenvalue weighted by atomic mass is 79.9. The summed E-state index contributed by atoms with van der Waals surface area (Å²) in [6.45, 7) is 0.297. The molecule has 0 radical (unpaired) electrons. The molecule has 1 aliphatic rings. The van der Waals surface area contributed by atoms with Gasteiger partial charge in [-0.25, -0.2) is 8.42 Å². The Bertz CT molecular complexity index is 1110. The fraction of sp³-hybridized carbons (Fsp3) is 0.278. The Morgan fingerprint density at radius 2 is 2.10 bits per heavy atom. The van der Waals surface area contributed by atoms with E-state index in [2.05, 4.69) is 31.4 Å². The van der Waals surface area contributed by atoms with Gasteiger partial charge in [0, 0.05) is 16.6 Å². The summed E-state index contributed by atoms with van der Waals surface area (Å²) in [5, 5.41) is 12.1. The van der Waals surface area contributed by atoms with Crippen LogP contribution in [0.5, 0.6) is 0 Å². The van der Waals surface area contributed by atoms with Crippen molar-refractivity contribution in [3.63, 3.8) is 0 Å². The van der Waals surface area contributed by atoms with Crippen molar-refractivity contribution < 1.29 is 17.6 Å². The van der Waals surface area contributed by atoms with Crippen LogP contribution >= 0.6 is 27.3 Å². The molecule has 0 spiro atoms. The van der Waals surface area contributed by atoms with E-state index in [0.29, 0.717) is 24.9 Å². The third-order valence-electron chi connectivity index (χ3n) is 4.54. The van der Waals surface area contributed by atoms with Crippen LogP contribution in [0.4, 0.5) is 6.01 Å². The molecule has 152 valence electrons. The number of nitrogens with zero attached hydrogens (tertiary/aromatic N) is 3. The number of sulfonamides is 1. The number of piperidine rings is 1. The molecule has 11 heteroatoms. The molecule has 1 amide bonds. The van der Waals surface area contributed by atoms with Crippen LogP contribution in [0.25, 0.3) is 11.5 Å². The summed E-state index contributed by atoms with van der Waals surface area (Å²) in [5.41, 5.74) is 0.701. The third kappa shape index (κ3) is 4.27. The second-order valence-electron chi connectivity index (χ2n) is 6.47. The van der Waals surface area contributed by atoms with Gasteiger partial charge in [0.2, 0.25) is 11.8 Å². The normalized spacial score (nSPS) is 17.9. The molecule has 2 aromatic heterocycles. The molecule has 1 saturated heterocycles. The average molecular weight is 497 g/mol. The maximum atomic E-state index is 12.9. The van der Waals surface area contributed by atoms with Gasteiger partial charge in [0.15, 0.2) is 0 Å². The lowest BCUT2D eigenvalue weighted by atomic mass is 10.0. The minimum atomic E-state index is -3.73. The van der Waals surface area contributed by atoms with Crippen molar-refractivity contribution in [3.05, 3.63) is 46.3 Å². The first-order chi connectivity index (χ1) is 13.9. The van der Waals surface area contributed by atoms with E-state index in [4.69, 9.17) is 4.42 Å². The number of nitrogens with one attached hydrogen (secondary N) is 1. The maximum Gasteiger partial charge on any atom is 0.322 e. The summed E-state index contributed by atoms with van der Waals surface area (Å²) < 4.78 is 33.8. The van der Waals surface area contributed by atoms with Crippen molar-refractivity contribution >= 4 is 49.2 Å². The summed E-state index contributed by atoms with van der Waals surface area (Å²) in [6.07, 6.45) is 1.91. The van der Waals surface area contributed by atoms with Crippen molar-refractivity contribution in [2.75, 3.05) is 11.9 Å². The van der Waals surface area contributed by atoms with E-state index < -0.39 is 22.0 Å². The van der Waals surface area contributed by atoms with Crippen LogP contribution in [0.1, 0.15) is 19.3 Å². The van der Waals surface area contributed by atoms with Crippen molar-refractivity contribution in [2.45, 2.75) is 29.5 Å². The highest BCUT2D eigenvalue weighted by molar-refractivity contribution is 9.10. The van der Waals surface area contributed by atoms with E-state index in [1.165, 1.54) is 4.31 Å². The number of rotatable bonds is 5. The Balaban J connectivity index is 1.53. The van der Waals surface area contributed by atoms with Gasteiger partial charge in [-0.15, -0.1) is 16.4 Å². The van der Waals surface area contributed by atoms with E-state index >= 15 is 0 Å². The molecule has 3 aromatic rings. The first kappa shape index (κ1) is 20.2. The molecule has 1 atom stereocenters. The number of hydrogen-bond donors (Lipinski definition) is 1. The Kier molecular flexibility index (Phi) is 5.81. The molecule has 0 saturated carbocycles. The molecule has 0 aliphatic carbocycles. The van der Waals surface area contributed by atoms with Crippen LogP contribution < -0.4 is 5.32 Å². The lowest BCUT2D eigenvalue weighted by Gasteiger charge is -2.32. The van der Waals surface area contributed by atoms with E-state index in [1.807, 2.05) is 18.2 Å². The predicted molar refractivity (Wildman–Crippen MR) is 112 cm³/mol. The van der Waals surface area contributed by atoms with E-state index in [9.17, 15) is 13.2 Å². The molecule has 1 N–H and O–H groups in total. The van der Waals surface area contributed by atoms with Crippen LogP contribution in [0.15, 0.2) is 54.9 Å². The lowest BCUT2D eigenvalue weighted by Crippen LogP contribution is -2.49. The van der Waals surface area contributed by atoms with Crippen LogP contribution in [0.2, 0.25) is 0 Å². The van der Waals surface area contributed by atoms with Gasteiger partial charge in [0.05, 0.1) is 0 Å². The van der Waals surface area contributed by atoms with Crippen LogP contribution in [-0.2, 0) is 14.8 Å². The molecule has 1 fully saturated rings. The average Bonchev–Trinajstić information content (AvgIpc) is 3.40. The van der Waals surface area contributed by atoms with Crippen LogP contribution in [0, 0.1) is 0 Å². The molecular formula is C18H17BrN4O4S2. The van der Waals surface area contributed by atoms with Crippen molar-refractivity contribution in [2.24, 2.45) is 0 Å². The van der Waals surface area contributed by atoms with Gasteiger partial charge in [-0.05, 0) is 42.5 Å². The summed E-state index contributed by atoms with van der Waals surface area (Å²) in [4.78, 5) is 12.8. The summed E-state index contributed by atoms with van der Waals surface area (Å²) >= 11 is 4.52. The van der Waals surface area contributed by atoms with E-state index in [-0.39, 0.29) is 16.1 Å². The molecule has 0 bridgehead atoms. The van der Waals surface area contributed by atoms with Crippen molar-refractivity contribution in [3.8, 4) is 11.5 Å². The van der Waals surface area contributed by atoms with Gasteiger partial charge >= 0.3 is 6.01 Å². The van der Waals surface area contributed by atoms with Crippen molar-refractivity contribution in [1.82, 2.24) is 14.5 Å². The van der Waals surface area contributed by atoms with Gasteiger partial charge in [-0.2, -0.15) is 4.31 Å². The first-order valence-corrected chi connectivity index (χ1v) is 12.0. The SMILES string of the molecule is O=C(Nc1nnc(-c2cccc(Br)c2)o1)C1CCCCN1S(=O)(=O)c1cccs1. The molecule has 1 aliphatic heterocycles. The van der Waals surface area contributed by atoms with E-state index in [0.717, 1.165) is 22.2 Å². The zero-order valence-corrected chi connectivity index (χ0v) is 18.3. The number of amides is 1. The number of thiophene rings is 1. The summed E-state index contributed by atoms with van der Waals surface area (Å²) in [5.74, 6) is -0.220. The second kappa shape index (κ2) is 8.34. The van der Waals surface area contributed by atoms with Gasteiger partial charge in [0.1, 0.15) is 10.3 Å². The number of benzene rings is 1. The third-order valence-corrected chi connectivity index (χ3v) is 8.32. The van der Waals surface area contributed by atoms with Gasteiger partial charge in [-0.3, -0.25) is 10.1 Å². The Labute approximate surface area is 180 Å². The number of anilines is 1. The monoisotopic (exact) mass is 496 g/mol. The standard InChI is InChI=1S/C18H17BrN4O4S2/c19-13-6-3-5-12(11-13)17-21-22-18(27-17)20-16(24)14-7-1-2-9-23(14)29(25,26)15-8-4-10-28-15/h3-6,8,10-11,14H,1-2,7,9H2,(H,20,22,24). The minimum absolute atomic E-state index is 0.0657. The van der Waals surface area contributed by atoms with E-state index in [1.54, 1.807) is 23.6 Å². The fourth-order valence-corrected chi connectivity index (χ4v) is 6.36. The summed E-state index contributed by atoms with van der Waals surface area (Å²) in [7, 11) is -3.73. The molecule has 4 rings (SSSR count). The number of aromatic nitrogens is 2. The molecule has 29 heavy (non-hydrogen) atoms. The number of halogens is 1. The van der Waals surface area contributed by atoms with Gasteiger partial charge < -0.3 is 4.42 Å². The lowest BCUT2D eigenvalue weighted by molar-refractivity contribution is -0.120. The zero-order chi connectivity index (χ0) is 20.4. The quantitative estimate of drug-likeness (QED) is 0.576. The Morgan fingerprint density at radius 1 is 1.24 bits per heavy atom. The fourth-order valence-electron chi connectivity index (χ4n) is 3.18. The first-order valence-electron chi connectivity index (χ1n) is 8.91. The molecular weight excluding hydrogens is 480 g/mol. The van der Waals surface area contributed by atoms with Crippen LogP contribution in [-0.4, -0.2) is 41.4 Å². The number of carbonyl (C=O) groups excluding carboxylic acids is 1. The van der Waals surface area contributed by atoms with Gasteiger partial charge in [-0.1, -0.05) is 39.6 Å².